The number of nitrogens with zero attached hydrogens (tertiary/aromatic N) is 1. The maximum atomic E-state index is 10.7. The smallest absolute Gasteiger partial charge is 0.425 e. The largest absolute Gasteiger partial charge is 0.452 e. The van der Waals surface area contributed by atoms with Crippen molar-refractivity contribution in [3.63, 3.8) is 0 Å². The summed E-state index contributed by atoms with van der Waals surface area (Å²) in [7, 11) is 1.21. The molecule has 0 spiro atoms. The summed E-state index contributed by atoms with van der Waals surface area (Å²) in [5.41, 5.74) is 5.06. The highest BCUT2D eigenvalue weighted by molar-refractivity contribution is 7.80. The molecule has 0 radical (unpaired) electrons. The number of hydrogen-bond donors (Lipinski definition) is 3. The van der Waals surface area contributed by atoms with Crippen LogP contribution in [-0.2, 0) is 4.74 Å². The second kappa shape index (κ2) is 6.35. The topological polar surface area (TPSA) is 106 Å². The second-order valence-electron chi connectivity index (χ2n) is 3.00. The second-order valence-corrected chi connectivity index (χ2v) is 3.41. The van der Waals surface area contributed by atoms with Crippen molar-refractivity contribution in [2.45, 2.75) is 0 Å². The number of hydrazine groups is 1. The number of carbonyl (C=O) groups is 1. The number of anilines is 1. The van der Waals surface area contributed by atoms with Gasteiger partial charge in [-0.1, -0.05) is 0 Å². The highest BCUT2D eigenvalue weighted by Gasteiger charge is 2.05. The molecular weight excluding hydrogens is 260 g/mol. The summed E-state index contributed by atoms with van der Waals surface area (Å²) in [5.74, 6) is 0. The number of methoxy groups -OCH3 is 1. The predicted octanol–water partition coefficient (Wildman–Crippen LogP) is 1.15. The molecule has 0 fully saturated rings. The van der Waals surface area contributed by atoms with Gasteiger partial charge in [-0.3, -0.25) is 15.5 Å². The minimum Gasteiger partial charge on any atom is -0.452 e. The quantitative estimate of drug-likeness (QED) is 0.420. The first-order valence-electron chi connectivity index (χ1n) is 4.68. The standard InChI is InChI=1S/C9H10N4O4S/c1-17-9(14)12-11-8(18)10-6-2-4-7(5-3-6)13(15)16/h2-5H,1H3,(H,12,14)(H2,10,11,18). The van der Waals surface area contributed by atoms with Gasteiger partial charge in [0.1, 0.15) is 0 Å². The molecule has 1 rings (SSSR count). The fourth-order valence-electron chi connectivity index (χ4n) is 0.988. The fourth-order valence-corrected chi connectivity index (χ4v) is 1.16. The highest BCUT2D eigenvalue weighted by atomic mass is 32.1. The zero-order valence-corrected chi connectivity index (χ0v) is 10.1. The lowest BCUT2D eigenvalue weighted by Crippen LogP contribution is -2.43. The van der Waals surface area contributed by atoms with Crippen molar-refractivity contribution in [3.05, 3.63) is 34.4 Å². The number of non-ortho nitro benzene ring substituents is 1. The van der Waals surface area contributed by atoms with E-state index < -0.39 is 11.0 Å². The van der Waals surface area contributed by atoms with Gasteiger partial charge in [-0.05, 0) is 24.4 Å². The monoisotopic (exact) mass is 270 g/mol. The van der Waals surface area contributed by atoms with Crippen LogP contribution in [0.5, 0.6) is 0 Å². The Morgan fingerprint density at radius 1 is 1.33 bits per heavy atom. The van der Waals surface area contributed by atoms with Gasteiger partial charge in [0.2, 0.25) is 0 Å². The maximum Gasteiger partial charge on any atom is 0.425 e. The fraction of sp³-hybridized carbons (Fsp3) is 0.111. The van der Waals surface area contributed by atoms with Gasteiger partial charge >= 0.3 is 6.09 Å². The van der Waals surface area contributed by atoms with E-state index in [1.807, 2.05) is 0 Å². The van der Waals surface area contributed by atoms with Crippen molar-refractivity contribution in [2.24, 2.45) is 0 Å². The number of nitro benzene ring substituents is 1. The Kier molecular flexibility index (Phi) is 4.81. The molecule has 0 unspecified atom stereocenters. The van der Waals surface area contributed by atoms with Crippen molar-refractivity contribution in [1.29, 1.82) is 0 Å². The minimum absolute atomic E-state index is 0.0212. The van der Waals surface area contributed by atoms with E-state index in [2.05, 4.69) is 20.9 Å². The molecule has 1 aromatic carbocycles. The Hall–Kier alpha value is -2.42. The van der Waals surface area contributed by atoms with Crippen LogP contribution in [0.15, 0.2) is 24.3 Å². The molecule has 96 valence electrons. The van der Waals surface area contributed by atoms with Crippen LogP contribution in [-0.4, -0.2) is 23.2 Å². The molecule has 8 nitrogen and oxygen atoms in total. The van der Waals surface area contributed by atoms with Gasteiger partial charge in [0.05, 0.1) is 12.0 Å². The molecule has 0 saturated heterocycles. The molecule has 0 aliphatic heterocycles. The Morgan fingerprint density at radius 3 is 2.44 bits per heavy atom. The molecule has 1 amide bonds. The first-order valence-corrected chi connectivity index (χ1v) is 5.09. The van der Waals surface area contributed by atoms with Crippen molar-refractivity contribution in [2.75, 3.05) is 12.4 Å². The van der Waals surface area contributed by atoms with Crippen LogP contribution in [0.4, 0.5) is 16.2 Å². The Balaban J connectivity index is 2.49. The van der Waals surface area contributed by atoms with Crippen molar-refractivity contribution in [1.82, 2.24) is 10.9 Å². The van der Waals surface area contributed by atoms with Gasteiger partial charge in [-0.15, -0.1) is 0 Å². The summed E-state index contributed by atoms with van der Waals surface area (Å²) in [6.45, 7) is 0. The van der Waals surface area contributed by atoms with E-state index in [-0.39, 0.29) is 10.8 Å². The SMILES string of the molecule is COC(=O)NNC(=S)Nc1ccc([N+](=O)[O-])cc1. The van der Waals surface area contributed by atoms with E-state index in [0.717, 1.165) is 0 Å². The molecule has 3 N–H and O–H groups in total. The Bertz CT molecular complexity index is 462. The van der Waals surface area contributed by atoms with Gasteiger partial charge < -0.3 is 10.1 Å². The van der Waals surface area contributed by atoms with Crippen LogP contribution in [0.3, 0.4) is 0 Å². The van der Waals surface area contributed by atoms with E-state index >= 15 is 0 Å². The first-order chi connectivity index (χ1) is 8.52. The zero-order chi connectivity index (χ0) is 13.5. The van der Waals surface area contributed by atoms with Crippen molar-refractivity contribution in [3.8, 4) is 0 Å². The summed E-state index contributed by atoms with van der Waals surface area (Å²) in [4.78, 5) is 20.7. The summed E-state index contributed by atoms with van der Waals surface area (Å²) in [5, 5.41) is 13.3. The lowest BCUT2D eigenvalue weighted by Gasteiger charge is -2.10. The molecule has 9 heteroatoms. The zero-order valence-electron chi connectivity index (χ0n) is 9.30. The predicted molar refractivity (Wildman–Crippen MR) is 68.0 cm³/mol. The molecule has 0 atom stereocenters. The summed E-state index contributed by atoms with van der Waals surface area (Å²) < 4.78 is 4.32. The molecule has 0 aliphatic rings. The number of thiocarbonyl (C=S) groups is 1. The average Bonchev–Trinajstić information content (AvgIpc) is 2.36. The van der Waals surface area contributed by atoms with Crippen LogP contribution in [0, 0.1) is 10.1 Å². The summed E-state index contributed by atoms with van der Waals surface area (Å²) in [6, 6.07) is 5.64. The molecule has 0 saturated carbocycles. The van der Waals surface area contributed by atoms with Crippen LogP contribution < -0.4 is 16.2 Å². The number of amides is 1. The van der Waals surface area contributed by atoms with Gasteiger partial charge in [0, 0.05) is 17.8 Å². The number of carbonyl (C=O) groups excluding carboxylic acids is 1. The van der Waals surface area contributed by atoms with Gasteiger partial charge in [0.25, 0.3) is 5.69 Å². The Morgan fingerprint density at radius 2 is 1.94 bits per heavy atom. The molecule has 0 bridgehead atoms. The normalized spacial score (nSPS) is 9.17. The molecular formula is C9H10N4O4S. The summed E-state index contributed by atoms with van der Waals surface area (Å²) in [6.07, 6.45) is -0.692. The Labute approximate surface area is 107 Å². The molecule has 18 heavy (non-hydrogen) atoms. The number of benzene rings is 1. The van der Waals surface area contributed by atoms with Crippen molar-refractivity contribution < 1.29 is 14.5 Å². The minimum atomic E-state index is -0.692. The van der Waals surface area contributed by atoms with E-state index in [1.54, 1.807) is 0 Å². The number of nitro groups is 1. The van der Waals surface area contributed by atoms with Gasteiger partial charge in [-0.2, -0.15) is 0 Å². The third-order valence-electron chi connectivity index (χ3n) is 1.80. The van der Waals surface area contributed by atoms with Crippen LogP contribution in [0.1, 0.15) is 0 Å². The van der Waals surface area contributed by atoms with E-state index in [4.69, 9.17) is 12.2 Å². The highest BCUT2D eigenvalue weighted by Crippen LogP contribution is 2.14. The van der Waals surface area contributed by atoms with Gasteiger partial charge in [-0.25, -0.2) is 10.2 Å². The molecule has 0 heterocycles. The third kappa shape index (κ3) is 4.22. The summed E-state index contributed by atoms with van der Waals surface area (Å²) >= 11 is 4.86. The molecule has 0 aromatic heterocycles. The van der Waals surface area contributed by atoms with Crippen molar-refractivity contribution >= 4 is 34.8 Å². The average molecular weight is 270 g/mol. The lowest BCUT2D eigenvalue weighted by atomic mass is 10.3. The van der Waals surface area contributed by atoms with E-state index in [0.29, 0.717) is 5.69 Å². The van der Waals surface area contributed by atoms with Gasteiger partial charge in [0.15, 0.2) is 5.11 Å². The first kappa shape index (κ1) is 13.6. The van der Waals surface area contributed by atoms with Crippen LogP contribution in [0.25, 0.3) is 0 Å². The molecule has 1 aromatic rings. The van der Waals surface area contributed by atoms with Crippen LogP contribution >= 0.6 is 12.2 Å². The van der Waals surface area contributed by atoms with E-state index in [9.17, 15) is 14.9 Å². The lowest BCUT2D eigenvalue weighted by molar-refractivity contribution is -0.384. The number of rotatable bonds is 2. The number of hydrogen-bond acceptors (Lipinski definition) is 5. The number of nitrogens with one attached hydrogen (secondary N) is 3. The third-order valence-corrected chi connectivity index (χ3v) is 2.00. The van der Waals surface area contributed by atoms with Crippen LogP contribution in [0.2, 0.25) is 0 Å². The van der Waals surface area contributed by atoms with E-state index in [1.165, 1.54) is 31.4 Å². The number of ether oxygens (including phenoxy) is 1. The maximum absolute atomic E-state index is 10.7. The molecule has 0 aliphatic carbocycles.